The third-order valence-electron chi connectivity index (χ3n) is 4.09. The van der Waals surface area contributed by atoms with E-state index in [0.29, 0.717) is 6.04 Å². The van der Waals surface area contributed by atoms with Gasteiger partial charge in [-0.25, -0.2) is 0 Å². The predicted molar refractivity (Wildman–Crippen MR) is 92.6 cm³/mol. The van der Waals surface area contributed by atoms with Crippen LogP contribution in [0.15, 0.2) is 0 Å². The first kappa shape index (κ1) is 20.8. The van der Waals surface area contributed by atoms with Gasteiger partial charge in [0.2, 0.25) is 0 Å². The highest BCUT2D eigenvalue weighted by atomic mass is 14.9. The summed E-state index contributed by atoms with van der Waals surface area (Å²) < 4.78 is 0. The van der Waals surface area contributed by atoms with Crippen molar-refractivity contribution in [3.8, 4) is 0 Å². The van der Waals surface area contributed by atoms with Gasteiger partial charge in [0.25, 0.3) is 0 Å². The third kappa shape index (κ3) is 14.5. The van der Waals surface area contributed by atoms with Gasteiger partial charge in [-0.2, -0.15) is 0 Å². The molecule has 5 nitrogen and oxygen atoms in total. The highest BCUT2D eigenvalue weighted by molar-refractivity contribution is 4.77. The van der Waals surface area contributed by atoms with Crippen molar-refractivity contribution in [3.05, 3.63) is 0 Å². The van der Waals surface area contributed by atoms with Gasteiger partial charge in [-0.3, -0.25) is 0 Å². The summed E-state index contributed by atoms with van der Waals surface area (Å²) in [5, 5.41) is 0. The molecule has 0 aliphatic heterocycles. The first-order valence-corrected chi connectivity index (χ1v) is 8.75. The average Bonchev–Trinajstić information content (AvgIpc) is 2.45. The van der Waals surface area contributed by atoms with Gasteiger partial charge in [-0.05, 0) is 51.6 Å². The zero-order valence-electron chi connectivity index (χ0n) is 13.9. The first-order valence-electron chi connectivity index (χ1n) is 8.75. The second kappa shape index (κ2) is 13.5. The zero-order valence-corrected chi connectivity index (χ0v) is 13.9. The molecule has 0 rings (SSSR count). The Bertz CT molecular complexity index is 221. The van der Waals surface area contributed by atoms with Crippen molar-refractivity contribution in [1.29, 1.82) is 0 Å². The molecule has 5 heteroatoms. The van der Waals surface area contributed by atoms with Crippen LogP contribution < -0.4 is 28.7 Å². The number of hydrogen-bond donors (Lipinski definition) is 5. The monoisotopic (exact) mass is 301 g/mol. The maximum absolute atomic E-state index is 6.13. The van der Waals surface area contributed by atoms with Gasteiger partial charge in [0, 0.05) is 6.04 Å². The zero-order chi connectivity index (χ0) is 16.0. The molecular formula is C16H39N5. The molecule has 0 bridgehead atoms. The SMILES string of the molecule is NCCCCCC(N)CCCCC(N)(N)CCCCCN. The van der Waals surface area contributed by atoms with Crippen molar-refractivity contribution in [2.24, 2.45) is 28.7 Å². The molecule has 0 aliphatic carbocycles. The lowest BCUT2D eigenvalue weighted by molar-refractivity contribution is 0.344. The molecule has 128 valence electrons. The fourth-order valence-electron chi connectivity index (χ4n) is 2.63. The van der Waals surface area contributed by atoms with Crippen molar-refractivity contribution >= 4 is 0 Å². The van der Waals surface area contributed by atoms with Crippen LogP contribution in [0.25, 0.3) is 0 Å². The lowest BCUT2D eigenvalue weighted by Crippen LogP contribution is -2.49. The van der Waals surface area contributed by atoms with E-state index < -0.39 is 5.66 Å². The van der Waals surface area contributed by atoms with Crippen molar-refractivity contribution in [2.75, 3.05) is 13.1 Å². The van der Waals surface area contributed by atoms with E-state index in [1.165, 1.54) is 12.8 Å². The number of nitrogens with two attached hydrogens (primary N) is 5. The highest BCUT2D eigenvalue weighted by Gasteiger charge is 2.17. The van der Waals surface area contributed by atoms with Crippen LogP contribution in [0.3, 0.4) is 0 Å². The van der Waals surface area contributed by atoms with Gasteiger partial charge in [-0.15, -0.1) is 0 Å². The van der Waals surface area contributed by atoms with Gasteiger partial charge in [0.1, 0.15) is 0 Å². The molecule has 0 heterocycles. The van der Waals surface area contributed by atoms with Crippen LogP contribution in [0, 0.1) is 0 Å². The minimum absolute atomic E-state index is 0.317. The quantitative estimate of drug-likeness (QED) is 0.231. The van der Waals surface area contributed by atoms with Crippen LogP contribution in [0.2, 0.25) is 0 Å². The summed E-state index contributed by atoms with van der Waals surface area (Å²) in [6.07, 6.45) is 12.9. The molecule has 1 unspecified atom stereocenters. The van der Waals surface area contributed by atoms with Crippen molar-refractivity contribution < 1.29 is 0 Å². The highest BCUT2D eigenvalue weighted by Crippen LogP contribution is 2.16. The van der Waals surface area contributed by atoms with Crippen LogP contribution >= 0.6 is 0 Å². The fraction of sp³-hybridized carbons (Fsp3) is 1.00. The molecule has 0 aromatic carbocycles. The van der Waals surface area contributed by atoms with Crippen LogP contribution in [0.5, 0.6) is 0 Å². The van der Waals surface area contributed by atoms with Gasteiger partial charge in [0.05, 0.1) is 5.66 Å². The average molecular weight is 302 g/mol. The summed E-state index contributed by atoms with van der Waals surface area (Å²) in [5.74, 6) is 0. The summed E-state index contributed by atoms with van der Waals surface area (Å²) in [4.78, 5) is 0. The van der Waals surface area contributed by atoms with E-state index in [0.717, 1.165) is 77.3 Å². The van der Waals surface area contributed by atoms with Crippen LogP contribution in [-0.2, 0) is 0 Å². The van der Waals surface area contributed by atoms with E-state index in [-0.39, 0.29) is 0 Å². The molecule has 10 N–H and O–H groups in total. The van der Waals surface area contributed by atoms with Crippen LogP contribution in [0.4, 0.5) is 0 Å². The Morgan fingerprint density at radius 2 is 1.05 bits per heavy atom. The van der Waals surface area contributed by atoms with E-state index in [1.807, 2.05) is 0 Å². The Labute approximate surface area is 131 Å². The summed E-state index contributed by atoms with van der Waals surface area (Å²) in [7, 11) is 0. The van der Waals surface area contributed by atoms with E-state index >= 15 is 0 Å². The van der Waals surface area contributed by atoms with E-state index in [1.54, 1.807) is 0 Å². The molecule has 21 heavy (non-hydrogen) atoms. The number of rotatable bonds is 15. The third-order valence-corrected chi connectivity index (χ3v) is 4.09. The minimum atomic E-state index is -0.514. The number of hydrogen-bond acceptors (Lipinski definition) is 5. The largest absolute Gasteiger partial charge is 0.330 e. The summed E-state index contributed by atoms with van der Waals surface area (Å²) in [6.45, 7) is 1.54. The van der Waals surface area contributed by atoms with Crippen LogP contribution in [-0.4, -0.2) is 24.8 Å². The fourth-order valence-corrected chi connectivity index (χ4v) is 2.63. The molecular weight excluding hydrogens is 262 g/mol. The van der Waals surface area contributed by atoms with E-state index in [9.17, 15) is 0 Å². The summed E-state index contributed by atoms with van der Waals surface area (Å²) >= 11 is 0. The Kier molecular flexibility index (Phi) is 13.3. The standard InChI is InChI=1S/C16H39N5/c17-13-7-1-3-9-15(19)10-4-6-12-16(20,21)11-5-2-8-14-18/h15H,1-14,17-21H2. The van der Waals surface area contributed by atoms with Gasteiger partial charge in [0.15, 0.2) is 0 Å². The van der Waals surface area contributed by atoms with Crippen LogP contribution in [0.1, 0.15) is 77.0 Å². The molecule has 1 atom stereocenters. The summed E-state index contributed by atoms with van der Waals surface area (Å²) in [5.41, 5.74) is 28.8. The van der Waals surface area contributed by atoms with Gasteiger partial charge in [-0.1, -0.05) is 38.5 Å². The molecule has 0 radical (unpaired) electrons. The molecule has 0 fully saturated rings. The molecule has 0 saturated heterocycles. The maximum atomic E-state index is 6.13. The van der Waals surface area contributed by atoms with E-state index in [4.69, 9.17) is 28.7 Å². The molecule has 0 aromatic rings. The minimum Gasteiger partial charge on any atom is -0.330 e. The second-order valence-corrected chi connectivity index (χ2v) is 6.48. The first-order chi connectivity index (χ1) is 10.0. The topological polar surface area (TPSA) is 130 Å². The lowest BCUT2D eigenvalue weighted by atomic mass is 9.95. The van der Waals surface area contributed by atoms with Crippen molar-refractivity contribution in [1.82, 2.24) is 0 Å². The van der Waals surface area contributed by atoms with Crippen molar-refractivity contribution in [3.63, 3.8) is 0 Å². The van der Waals surface area contributed by atoms with Gasteiger partial charge >= 0.3 is 0 Å². The van der Waals surface area contributed by atoms with Crippen molar-refractivity contribution in [2.45, 2.75) is 88.8 Å². The Hall–Kier alpha value is -0.200. The van der Waals surface area contributed by atoms with E-state index in [2.05, 4.69) is 0 Å². The molecule has 0 aromatic heterocycles. The maximum Gasteiger partial charge on any atom is 0.0636 e. The number of unbranched alkanes of at least 4 members (excludes halogenated alkanes) is 5. The molecule has 0 spiro atoms. The smallest absolute Gasteiger partial charge is 0.0636 e. The van der Waals surface area contributed by atoms with Gasteiger partial charge < -0.3 is 28.7 Å². The lowest BCUT2D eigenvalue weighted by Gasteiger charge is -2.24. The second-order valence-electron chi connectivity index (χ2n) is 6.48. The Morgan fingerprint density at radius 3 is 1.57 bits per heavy atom. The molecule has 0 aliphatic rings. The predicted octanol–water partition coefficient (Wildman–Crippen LogP) is 1.53. The molecule has 0 saturated carbocycles. The Balaban J connectivity index is 3.50. The molecule has 0 amide bonds. The summed E-state index contributed by atoms with van der Waals surface area (Å²) in [6, 6.07) is 0.317. The normalized spacial score (nSPS) is 13.6. The Morgan fingerprint density at radius 1 is 0.619 bits per heavy atom.